The molecule has 106 valence electrons. The van der Waals surface area contributed by atoms with Crippen molar-refractivity contribution in [2.45, 2.75) is 18.9 Å². The van der Waals surface area contributed by atoms with E-state index < -0.39 is 0 Å². The zero-order valence-electron chi connectivity index (χ0n) is 11.3. The van der Waals surface area contributed by atoms with Gasteiger partial charge in [0, 0.05) is 29.5 Å². The molecule has 1 aliphatic heterocycles. The fourth-order valence-corrected chi connectivity index (χ4v) is 3.40. The Morgan fingerprint density at radius 1 is 1.40 bits per heavy atom. The van der Waals surface area contributed by atoms with E-state index in [9.17, 15) is 0 Å². The minimum atomic E-state index is 0.503. The predicted molar refractivity (Wildman–Crippen MR) is 86.4 cm³/mol. The van der Waals surface area contributed by atoms with Crippen LogP contribution >= 0.6 is 23.5 Å². The SMILES string of the molecule is CSNC1CCCN(c2ncnc3ccc(Cl)cc23)C1. The number of anilines is 1. The lowest BCUT2D eigenvalue weighted by Gasteiger charge is -2.34. The smallest absolute Gasteiger partial charge is 0.139 e. The van der Waals surface area contributed by atoms with Gasteiger partial charge in [-0.1, -0.05) is 23.5 Å². The summed E-state index contributed by atoms with van der Waals surface area (Å²) in [6.45, 7) is 2.00. The third-order valence-corrected chi connectivity index (χ3v) is 4.39. The molecule has 0 aliphatic carbocycles. The minimum Gasteiger partial charge on any atom is -0.354 e. The summed E-state index contributed by atoms with van der Waals surface area (Å²) in [6, 6.07) is 6.28. The molecular weight excluding hydrogens is 292 g/mol. The normalized spacial score (nSPS) is 19.5. The highest BCUT2D eigenvalue weighted by molar-refractivity contribution is 7.96. The topological polar surface area (TPSA) is 41.0 Å². The van der Waals surface area contributed by atoms with Crippen LogP contribution in [0.1, 0.15) is 12.8 Å². The van der Waals surface area contributed by atoms with Gasteiger partial charge in [0.2, 0.25) is 0 Å². The van der Waals surface area contributed by atoms with Crippen molar-refractivity contribution >= 4 is 40.3 Å². The summed E-state index contributed by atoms with van der Waals surface area (Å²) in [4.78, 5) is 11.1. The van der Waals surface area contributed by atoms with Gasteiger partial charge in [0.05, 0.1) is 5.52 Å². The van der Waals surface area contributed by atoms with E-state index in [1.807, 2.05) is 18.2 Å². The van der Waals surface area contributed by atoms with Crippen LogP contribution in [0.2, 0.25) is 5.02 Å². The first-order chi connectivity index (χ1) is 9.78. The molecular formula is C14H17ClN4S. The summed E-state index contributed by atoms with van der Waals surface area (Å²) in [7, 11) is 0. The lowest BCUT2D eigenvalue weighted by molar-refractivity contribution is 0.483. The van der Waals surface area contributed by atoms with Gasteiger partial charge in [0.25, 0.3) is 0 Å². The highest BCUT2D eigenvalue weighted by Crippen LogP contribution is 2.28. The van der Waals surface area contributed by atoms with E-state index in [1.54, 1.807) is 18.3 Å². The lowest BCUT2D eigenvalue weighted by Crippen LogP contribution is -2.44. The van der Waals surface area contributed by atoms with Crippen LogP contribution in [0.15, 0.2) is 24.5 Å². The van der Waals surface area contributed by atoms with E-state index in [4.69, 9.17) is 11.6 Å². The minimum absolute atomic E-state index is 0.503. The number of fused-ring (bicyclic) bond motifs is 1. The van der Waals surface area contributed by atoms with Crippen LogP contribution in [-0.2, 0) is 0 Å². The van der Waals surface area contributed by atoms with Gasteiger partial charge in [-0.05, 0) is 37.3 Å². The first-order valence-electron chi connectivity index (χ1n) is 6.71. The second kappa shape index (κ2) is 6.16. The monoisotopic (exact) mass is 308 g/mol. The lowest BCUT2D eigenvalue weighted by atomic mass is 10.1. The van der Waals surface area contributed by atoms with Crippen molar-refractivity contribution in [2.75, 3.05) is 24.2 Å². The number of halogens is 1. The van der Waals surface area contributed by atoms with Crippen molar-refractivity contribution < 1.29 is 0 Å². The van der Waals surface area contributed by atoms with Crippen LogP contribution in [0.5, 0.6) is 0 Å². The van der Waals surface area contributed by atoms with Crippen molar-refractivity contribution in [1.29, 1.82) is 0 Å². The molecule has 1 fully saturated rings. The zero-order valence-corrected chi connectivity index (χ0v) is 12.9. The molecule has 0 radical (unpaired) electrons. The summed E-state index contributed by atoms with van der Waals surface area (Å²) < 4.78 is 3.45. The highest BCUT2D eigenvalue weighted by atomic mass is 35.5. The number of rotatable bonds is 3. The highest BCUT2D eigenvalue weighted by Gasteiger charge is 2.22. The number of nitrogens with one attached hydrogen (secondary N) is 1. The fourth-order valence-electron chi connectivity index (χ4n) is 2.70. The van der Waals surface area contributed by atoms with E-state index in [0.29, 0.717) is 6.04 Å². The number of hydrogen-bond donors (Lipinski definition) is 1. The Morgan fingerprint density at radius 3 is 3.15 bits per heavy atom. The molecule has 20 heavy (non-hydrogen) atoms. The van der Waals surface area contributed by atoms with Gasteiger partial charge in [-0.15, -0.1) is 0 Å². The molecule has 0 amide bonds. The second-order valence-corrected chi connectivity index (χ2v) is 6.05. The maximum atomic E-state index is 6.12. The molecule has 0 bridgehead atoms. The van der Waals surface area contributed by atoms with Gasteiger partial charge in [0.1, 0.15) is 12.1 Å². The second-order valence-electron chi connectivity index (χ2n) is 4.97. The van der Waals surface area contributed by atoms with E-state index in [-0.39, 0.29) is 0 Å². The summed E-state index contributed by atoms with van der Waals surface area (Å²) in [5.41, 5.74) is 0.944. The molecule has 2 aromatic rings. The fraction of sp³-hybridized carbons (Fsp3) is 0.429. The first-order valence-corrected chi connectivity index (χ1v) is 8.32. The quantitative estimate of drug-likeness (QED) is 0.882. The number of hydrogen-bond acceptors (Lipinski definition) is 5. The molecule has 1 atom stereocenters. The van der Waals surface area contributed by atoms with Crippen LogP contribution in [0.4, 0.5) is 5.82 Å². The van der Waals surface area contributed by atoms with Crippen LogP contribution in [0, 0.1) is 0 Å². The Labute approximate surface area is 128 Å². The summed E-state index contributed by atoms with van der Waals surface area (Å²) >= 11 is 7.80. The predicted octanol–water partition coefficient (Wildman–Crippen LogP) is 3.12. The first kappa shape index (κ1) is 13.9. The van der Waals surface area contributed by atoms with Gasteiger partial charge in [-0.2, -0.15) is 0 Å². The Balaban J connectivity index is 1.94. The summed E-state index contributed by atoms with van der Waals surface area (Å²) in [5.74, 6) is 0.991. The molecule has 1 aliphatic rings. The Morgan fingerprint density at radius 2 is 2.30 bits per heavy atom. The van der Waals surface area contributed by atoms with Crippen molar-refractivity contribution in [3.63, 3.8) is 0 Å². The third kappa shape index (κ3) is 2.85. The van der Waals surface area contributed by atoms with Crippen molar-refractivity contribution in [3.05, 3.63) is 29.5 Å². The van der Waals surface area contributed by atoms with Crippen LogP contribution in [0.25, 0.3) is 10.9 Å². The van der Waals surface area contributed by atoms with E-state index in [2.05, 4.69) is 25.8 Å². The molecule has 1 unspecified atom stereocenters. The standard InChI is InChI=1S/C14H17ClN4S/c1-20-18-11-3-2-6-19(8-11)14-12-7-10(15)4-5-13(12)16-9-17-14/h4-5,7,9,11,18H,2-3,6,8H2,1H3. The molecule has 3 rings (SSSR count). The molecule has 1 aromatic heterocycles. The van der Waals surface area contributed by atoms with Crippen LogP contribution in [0.3, 0.4) is 0 Å². The molecule has 1 saturated heterocycles. The summed E-state index contributed by atoms with van der Waals surface area (Å²) in [6.07, 6.45) is 6.08. The van der Waals surface area contributed by atoms with E-state index in [1.165, 1.54) is 12.8 Å². The largest absolute Gasteiger partial charge is 0.354 e. The molecule has 6 heteroatoms. The van der Waals surface area contributed by atoms with Crippen molar-refractivity contribution in [3.8, 4) is 0 Å². The number of piperidine rings is 1. The molecule has 1 N–H and O–H groups in total. The number of aromatic nitrogens is 2. The Bertz CT molecular complexity index is 605. The van der Waals surface area contributed by atoms with Gasteiger partial charge < -0.3 is 4.90 Å². The molecule has 2 heterocycles. The van der Waals surface area contributed by atoms with Gasteiger partial charge in [-0.25, -0.2) is 9.97 Å². The molecule has 1 aromatic carbocycles. The number of benzene rings is 1. The molecule has 0 spiro atoms. The van der Waals surface area contributed by atoms with Crippen molar-refractivity contribution in [2.24, 2.45) is 0 Å². The Kier molecular flexibility index (Phi) is 4.29. The Hall–Kier alpha value is -1.04. The van der Waals surface area contributed by atoms with Crippen LogP contribution < -0.4 is 9.62 Å². The average Bonchev–Trinajstić information content (AvgIpc) is 2.47. The van der Waals surface area contributed by atoms with Gasteiger partial charge in [-0.3, -0.25) is 4.72 Å². The summed E-state index contributed by atoms with van der Waals surface area (Å²) in [5, 5.41) is 1.76. The van der Waals surface area contributed by atoms with Crippen LogP contribution in [-0.4, -0.2) is 35.4 Å². The average molecular weight is 309 g/mol. The van der Waals surface area contributed by atoms with Gasteiger partial charge >= 0.3 is 0 Å². The van der Waals surface area contributed by atoms with E-state index >= 15 is 0 Å². The third-order valence-electron chi connectivity index (χ3n) is 3.58. The molecule has 4 nitrogen and oxygen atoms in total. The number of nitrogens with zero attached hydrogens (tertiary/aromatic N) is 3. The maximum Gasteiger partial charge on any atom is 0.139 e. The van der Waals surface area contributed by atoms with Gasteiger partial charge in [0.15, 0.2) is 0 Å². The maximum absolute atomic E-state index is 6.12. The molecule has 0 saturated carbocycles. The zero-order chi connectivity index (χ0) is 13.9. The van der Waals surface area contributed by atoms with Crippen molar-refractivity contribution in [1.82, 2.24) is 14.7 Å². The van der Waals surface area contributed by atoms with E-state index in [0.717, 1.165) is 34.8 Å².